The first-order valence-corrected chi connectivity index (χ1v) is 9.00. The van der Waals surface area contributed by atoms with Crippen LogP contribution in [0.2, 0.25) is 0 Å². The van der Waals surface area contributed by atoms with Gasteiger partial charge in [-0.2, -0.15) is 0 Å². The van der Waals surface area contributed by atoms with Crippen LogP contribution in [0, 0.1) is 17.5 Å². The van der Waals surface area contributed by atoms with Crippen molar-refractivity contribution in [2.75, 3.05) is 18.1 Å². The number of amides is 2. The molecule has 0 aliphatic rings. The summed E-state index contributed by atoms with van der Waals surface area (Å²) < 4.78 is 62.0. The number of anilines is 1. The van der Waals surface area contributed by atoms with Crippen molar-refractivity contribution >= 4 is 27.3 Å². The molecule has 0 heterocycles. The normalized spacial score (nSPS) is 11.1. The highest BCUT2D eigenvalue weighted by molar-refractivity contribution is 7.90. The van der Waals surface area contributed by atoms with Crippen LogP contribution in [0.1, 0.15) is 10.4 Å². The van der Waals surface area contributed by atoms with Gasteiger partial charge in [0.15, 0.2) is 27.3 Å². The number of carbonyl (C=O) groups is 2. The van der Waals surface area contributed by atoms with Crippen LogP contribution in [0.3, 0.4) is 0 Å². The lowest BCUT2D eigenvalue weighted by molar-refractivity contribution is -0.115. The quantitative estimate of drug-likeness (QED) is 0.768. The summed E-state index contributed by atoms with van der Waals surface area (Å²) in [6.07, 6.45) is 1.02. The fraction of sp³-hybridized carbons (Fsp3) is 0.125. The number of carbonyl (C=O) groups excluding carboxylic acids is 2. The van der Waals surface area contributed by atoms with E-state index in [1.807, 2.05) is 5.32 Å². The average molecular weight is 386 g/mol. The van der Waals surface area contributed by atoms with Crippen LogP contribution >= 0.6 is 0 Å². The van der Waals surface area contributed by atoms with E-state index in [0.717, 1.165) is 12.3 Å². The van der Waals surface area contributed by atoms with E-state index >= 15 is 0 Å². The van der Waals surface area contributed by atoms with Crippen LogP contribution in [0.15, 0.2) is 41.3 Å². The third kappa shape index (κ3) is 4.60. The second kappa shape index (κ2) is 7.56. The summed E-state index contributed by atoms with van der Waals surface area (Å²) in [4.78, 5) is 23.6. The predicted octanol–water partition coefficient (Wildman–Crippen LogP) is 1.88. The van der Waals surface area contributed by atoms with Crippen LogP contribution in [0.25, 0.3) is 0 Å². The minimum absolute atomic E-state index is 0.0283. The topological polar surface area (TPSA) is 92.3 Å². The smallest absolute Gasteiger partial charge is 0.251 e. The molecule has 0 saturated carbocycles. The molecule has 0 radical (unpaired) electrons. The molecule has 26 heavy (non-hydrogen) atoms. The summed E-state index contributed by atoms with van der Waals surface area (Å²) >= 11 is 0. The molecule has 138 valence electrons. The van der Waals surface area contributed by atoms with Gasteiger partial charge in [-0.25, -0.2) is 21.6 Å². The maximum Gasteiger partial charge on any atom is 0.251 e. The Morgan fingerprint density at radius 2 is 1.58 bits per heavy atom. The zero-order valence-corrected chi connectivity index (χ0v) is 14.2. The van der Waals surface area contributed by atoms with E-state index in [2.05, 4.69) is 5.32 Å². The van der Waals surface area contributed by atoms with E-state index in [-0.39, 0.29) is 10.5 Å². The maximum absolute atomic E-state index is 13.5. The minimum Gasteiger partial charge on any atom is -0.343 e. The molecule has 0 aliphatic carbocycles. The third-order valence-corrected chi connectivity index (χ3v) is 4.39. The molecule has 2 N–H and O–H groups in total. The fourth-order valence-corrected chi connectivity index (χ4v) is 2.56. The Morgan fingerprint density at radius 1 is 0.962 bits per heavy atom. The zero-order chi connectivity index (χ0) is 19.5. The van der Waals surface area contributed by atoms with Crippen molar-refractivity contribution in [3.05, 3.63) is 59.4 Å². The van der Waals surface area contributed by atoms with E-state index in [4.69, 9.17) is 0 Å². The lowest BCUT2D eigenvalue weighted by Crippen LogP contribution is -2.33. The van der Waals surface area contributed by atoms with Crippen LogP contribution in [-0.4, -0.2) is 33.0 Å². The molecule has 0 saturated heterocycles. The second-order valence-electron chi connectivity index (χ2n) is 5.25. The van der Waals surface area contributed by atoms with Crippen molar-refractivity contribution < 1.29 is 31.2 Å². The highest BCUT2D eigenvalue weighted by Crippen LogP contribution is 2.19. The molecule has 6 nitrogen and oxygen atoms in total. The van der Waals surface area contributed by atoms with Gasteiger partial charge in [0.05, 0.1) is 17.1 Å². The fourth-order valence-electron chi connectivity index (χ4n) is 1.93. The van der Waals surface area contributed by atoms with Gasteiger partial charge in [0.2, 0.25) is 5.91 Å². The van der Waals surface area contributed by atoms with E-state index < -0.39 is 51.3 Å². The number of halogens is 3. The Kier molecular flexibility index (Phi) is 5.66. The lowest BCUT2D eigenvalue weighted by atomic mass is 10.2. The summed E-state index contributed by atoms with van der Waals surface area (Å²) in [5.41, 5.74) is -0.468. The number of benzene rings is 2. The molecule has 10 heteroatoms. The summed E-state index contributed by atoms with van der Waals surface area (Å²) in [6, 6.07) is 6.49. The number of nitrogens with one attached hydrogen (secondary N) is 2. The molecule has 0 spiro atoms. The van der Waals surface area contributed by atoms with E-state index in [1.165, 1.54) is 24.3 Å². The van der Waals surface area contributed by atoms with Crippen molar-refractivity contribution in [2.45, 2.75) is 4.90 Å². The van der Waals surface area contributed by atoms with Gasteiger partial charge >= 0.3 is 0 Å². The van der Waals surface area contributed by atoms with Gasteiger partial charge in [0.1, 0.15) is 0 Å². The monoisotopic (exact) mass is 386 g/mol. The van der Waals surface area contributed by atoms with Gasteiger partial charge in [-0.05, 0) is 36.4 Å². The minimum atomic E-state index is -3.40. The maximum atomic E-state index is 13.5. The molecule has 0 unspecified atom stereocenters. The molecule has 0 bridgehead atoms. The van der Waals surface area contributed by atoms with Crippen molar-refractivity contribution in [2.24, 2.45) is 0 Å². The Morgan fingerprint density at radius 3 is 2.15 bits per heavy atom. The molecule has 0 aliphatic heterocycles. The van der Waals surface area contributed by atoms with Crippen molar-refractivity contribution in [1.82, 2.24) is 5.32 Å². The highest BCUT2D eigenvalue weighted by atomic mass is 32.2. The third-order valence-electron chi connectivity index (χ3n) is 3.26. The predicted molar refractivity (Wildman–Crippen MR) is 86.8 cm³/mol. The number of hydrogen-bond acceptors (Lipinski definition) is 4. The van der Waals surface area contributed by atoms with Crippen molar-refractivity contribution in [3.8, 4) is 0 Å². The van der Waals surface area contributed by atoms with Crippen LogP contribution < -0.4 is 10.6 Å². The molecule has 0 atom stereocenters. The summed E-state index contributed by atoms with van der Waals surface area (Å²) in [5, 5.41) is 4.23. The Bertz CT molecular complexity index is 960. The van der Waals surface area contributed by atoms with E-state index in [1.54, 1.807) is 0 Å². The first-order chi connectivity index (χ1) is 12.1. The van der Waals surface area contributed by atoms with Crippen LogP contribution in [-0.2, 0) is 14.6 Å². The van der Waals surface area contributed by atoms with Gasteiger partial charge in [0, 0.05) is 11.8 Å². The lowest BCUT2D eigenvalue weighted by Gasteiger charge is -2.09. The van der Waals surface area contributed by atoms with E-state index in [0.29, 0.717) is 6.07 Å². The van der Waals surface area contributed by atoms with Crippen molar-refractivity contribution in [1.29, 1.82) is 0 Å². The summed E-state index contributed by atoms with van der Waals surface area (Å²) in [5.74, 6) is -6.22. The highest BCUT2D eigenvalue weighted by Gasteiger charge is 2.16. The first kappa shape index (κ1) is 19.4. The molecule has 0 fully saturated rings. The van der Waals surface area contributed by atoms with Gasteiger partial charge < -0.3 is 10.6 Å². The van der Waals surface area contributed by atoms with E-state index in [9.17, 15) is 31.2 Å². The standard InChI is InChI=1S/C16H13F3N2O4S/c1-26(24,25)10-4-2-9(3-5-10)16(23)20-8-13(22)21-12-7-6-11(17)14(18)15(12)19/h2-7H,8H2,1H3,(H,20,23)(H,21,22). The van der Waals surface area contributed by atoms with Gasteiger partial charge in [-0.1, -0.05) is 0 Å². The van der Waals surface area contributed by atoms with Crippen LogP contribution in [0.4, 0.5) is 18.9 Å². The zero-order valence-electron chi connectivity index (χ0n) is 13.3. The molecule has 2 aromatic carbocycles. The molecular weight excluding hydrogens is 373 g/mol. The second-order valence-corrected chi connectivity index (χ2v) is 7.27. The first-order valence-electron chi connectivity index (χ1n) is 7.11. The van der Waals surface area contributed by atoms with Gasteiger partial charge in [0.25, 0.3) is 5.91 Å². The number of hydrogen-bond donors (Lipinski definition) is 2. The van der Waals surface area contributed by atoms with Crippen molar-refractivity contribution in [3.63, 3.8) is 0 Å². The summed E-state index contributed by atoms with van der Waals surface area (Å²) in [6.45, 7) is -0.564. The number of rotatable bonds is 5. The molecule has 2 rings (SSSR count). The van der Waals surface area contributed by atoms with Gasteiger partial charge in [-0.15, -0.1) is 0 Å². The molecule has 0 aromatic heterocycles. The van der Waals surface area contributed by atoms with Crippen LogP contribution in [0.5, 0.6) is 0 Å². The Labute approximate surface area is 146 Å². The largest absolute Gasteiger partial charge is 0.343 e. The number of sulfone groups is 1. The molecular formula is C16H13F3N2O4S. The SMILES string of the molecule is CS(=O)(=O)c1ccc(C(=O)NCC(=O)Nc2ccc(F)c(F)c2F)cc1. The average Bonchev–Trinajstić information content (AvgIpc) is 2.59. The Hall–Kier alpha value is -2.88. The Balaban J connectivity index is 1.97. The van der Waals surface area contributed by atoms with Gasteiger partial charge in [-0.3, -0.25) is 9.59 Å². The summed E-state index contributed by atoms with van der Waals surface area (Å²) in [7, 11) is -3.40. The molecule has 2 aromatic rings. The molecule has 2 amide bonds.